The molecule has 0 unspecified atom stereocenters. The van der Waals surface area contributed by atoms with Gasteiger partial charge in [-0.25, -0.2) is 4.98 Å². The number of fused-ring (bicyclic) bond motifs is 1. The van der Waals surface area contributed by atoms with Crippen molar-refractivity contribution in [2.45, 2.75) is 39.5 Å². The Morgan fingerprint density at radius 2 is 2.00 bits per heavy atom. The number of benzene rings is 1. The van der Waals surface area contributed by atoms with Gasteiger partial charge >= 0.3 is 0 Å². The van der Waals surface area contributed by atoms with Crippen molar-refractivity contribution in [3.63, 3.8) is 0 Å². The van der Waals surface area contributed by atoms with Gasteiger partial charge in [-0.3, -0.25) is 4.99 Å². The highest BCUT2D eigenvalue weighted by Crippen LogP contribution is 2.11. The van der Waals surface area contributed by atoms with Gasteiger partial charge in [-0.05, 0) is 45.2 Å². The number of halogens is 1. The van der Waals surface area contributed by atoms with E-state index in [9.17, 15) is 0 Å². The second-order valence-corrected chi connectivity index (χ2v) is 5.90. The molecule has 0 bridgehead atoms. The molecule has 1 aromatic carbocycles. The average Bonchev–Trinajstić information content (AvgIpc) is 3.04. The van der Waals surface area contributed by atoms with E-state index in [0.717, 1.165) is 81.3 Å². The topological polar surface area (TPSA) is 74.3 Å². The van der Waals surface area contributed by atoms with E-state index in [4.69, 9.17) is 4.74 Å². The lowest BCUT2D eigenvalue weighted by atomic mass is 10.3. The summed E-state index contributed by atoms with van der Waals surface area (Å²) in [6, 6.07) is 8.13. The lowest BCUT2D eigenvalue weighted by Crippen LogP contribution is -2.38. The van der Waals surface area contributed by atoms with Crippen LogP contribution in [0.2, 0.25) is 0 Å². The lowest BCUT2D eigenvalue weighted by molar-refractivity contribution is 0.143. The Morgan fingerprint density at radius 3 is 2.77 bits per heavy atom. The van der Waals surface area contributed by atoms with E-state index in [1.807, 2.05) is 25.1 Å². The molecule has 3 N–H and O–H groups in total. The fraction of sp³-hybridized carbons (Fsp3) is 0.579. The van der Waals surface area contributed by atoms with Gasteiger partial charge in [-0.1, -0.05) is 12.1 Å². The fourth-order valence-corrected chi connectivity index (χ4v) is 2.58. The Morgan fingerprint density at radius 1 is 1.15 bits per heavy atom. The van der Waals surface area contributed by atoms with Crippen LogP contribution in [0.15, 0.2) is 29.3 Å². The largest absolute Gasteiger partial charge is 0.382 e. The van der Waals surface area contributed by atoms with E-state index >= 15 is 0 Å². The first-order chi connectivity index (χ1) is 12.3. The van der Waals surface area contributed by atoms with Crippen LogP contribution in [0.3, 0.4) is 0 Å². The molecule has 0 radical (unpaired) electrons. The zero-order valence-corrected chi connectivity index (χ0v) is 18.2. The van der Waals surface area contributed by atoms with Crippen molar-refractivity contribution >= 4 is 41.0 Å². The molecule has 26 heavy (non-hydrogen) atoms. The summed E-state index contributed by atoms with van der Waals surface area (Å²) in [5.74, 6) is 1.92. The van der Waals surface area contributed by atoms with Crippen molar-refractivity contribution in [1.29, 1.82) is 0 Å². The SMILES string of the molecule is CCNC(=NCCCc1nc2ccccc2[nH]1)NCCCCOCC.I. The molecule has 0 saturated heterocycles. The first-order valence-corrected chi connectivity index (χ1v) is 9.37. The number of ether oxygens (including phenoxy) is 1. The number of aryl methyl sites for hydroxylation is 1. The monoisotopic (exact) mass is 473 g/mol. The van der Waals surface area contributed by atoms with Gasteiger partial charge in [0, 0.05) is 39.3 Å². The zero-order chi connectivity index (χ0) is 17.7. The minimum atomic E-state index is 0. The maximum Gasteiger partial charge on any atom is 0.191 e. The molecule has 0 aliphatic carbocycles. The minimum Gasteiger partial charge on any atom is -0.382 e. The van der Waals surface area contributed by atoms with Crippen LogP contribution in [0.1, 0.15) is 38.9 Å². The molecule has 0 fully saturated rings. The van der Waals surface area contributed by atoms with E-state index < -0.39 is 0 Å². The molecule has 0 amide bonds. The van der Waals surface area contributed by atoms with E-state index in [1.54, 1.807) is 0 Å². The van der Waals surface area contributed by atoms with E-state index in [-0.39, 0.29) is 24.0 Å². The van der Waals surface area contributed by atoms with Crippen LogP contribution in [-0.4, -0.2) is 48.8 Å². The van der Waals surface area contributed by atoms with Crippen LogP contribution in [0.5, 0.6) is 0 Å². The Balaban J connectivity index is 0.00000338. The molecule has 0 saturated carbocycles. The number of aromatic amines is 1. The van der Waals surface area contributed by atoms with Crippen molar-refractivity contribution in [2.75, 3.05) is 32.8 Å². The number of hydrogen-bond acceptors (Lipinski definition) is 3. The van der Waals surface area contributed by atoms with Gasteiger partial charge in [-0.15, -0.1) is 24.0 Å². The predicted molar refractivity (Wildman–Crippen MR) is 120 cm³/mol. The molecule has 0 atom stereocenters. The molecule has 2 aromatic rings. The highest BCUT2D eigenvalue weighted by Gasteiger charge is 2.02. The molecule has 1 aromatic heterocycles. The van der Waals surface area contributed by atoms with Gasteiger partial charge < -0.3 is 20.4 Å². The van der Waals surface area contributed by atoms with Crippen molar-refractivity contribution in [2.24, 2.45) is 4.99 Å². The molecule has 0 aliphatic heterocycles. The summed E-state index contributed by atoms with van der Waals surface area (Å²) in [5, 5.41) is 6.67. The lowest BCUT2D eigenvalue weighted by Gasteiger charge is -2.11. The third-order valence-corrected chi connectivity index (χ3v) is 3.84. The number of nitrogens with zero attached hydrogens (tertiary/aromatic N) is 2. The molecule has 0 spiro atoms. The van der Waals surface area contributed by atoms with E-state index in [1.165, 1.54) is 0 Å². The maximum absolute atomic E-state index is 5.35. The van der Waals surface area contributed by atoms with Crippen LogP contribution in [0.4, 0.5) is 0 Å². The summed E-state index contributed by atoms with van der Waals surface area (Å²) in [6.07, 6.45) is 4.04. The van der Waals surface area contributed by atoms with Crippen molar-refractivity contribution < 1.29 is 4.74 Å². The number of hydrogen-bond donors (Lipinski definition) is 3. The van der Waals surface area contributed by atoms with Crippen molar-refractivity contribution in [3.05, 3.63) is 30.1 Å². The number of imidazole rings is 1. The second kappa shape index (κ2) is 13.8. The summed E-state index contributed by atoms with van der Waals surface area (Å²) in [7, 11) is 0. The molecule has 2 rings (SSSR count). The standard InChI is InChI=1S/C19H31N5O.HI/c1-3-20-19(21-13-7-8-15-25-4-2)22-14-9-12-18-23-16-10-5-6-11-17(16)24-18;/h5-6,10-11H,3-4,7-9,12-15H2,1-2H3,(H,23,24)(H2,20,21,22);1H. The third-order valence-electron chi connectivity index (χ3n) is 3.84. The highest BCUT2D eigenvalue weighted by atomic mass is 127. The van der Waals surface area contributed by atoms with Gasteiger partial charge in [0.2, 0.25) is 0 Å². The number of nitrogens with one attached hydrogen (secondary N) is 3. The van der Waals surface area contributed by atoms with Crippen LogP contribution in [-0.2, 0) is 11.2 Å². The zero-order valence-electron chi connectivity index (χ0n) is 15.9. The Labute approximate surface area is 173 Å². The maximum atomic E-state index is 5.35. The first kappa shape index (κ1) is 22.7. The number of aliphatic imine (C=N–C) groups is 1. The predicted octanol–water partition coefficient (Wildman–Crippen LogP) is 3.49. The van der Waals surface area contributed by atoms with Crippen LogP contribution >= 0.6 is 24.0 Å². The van der Waals surface area contributed by atoms with Crippen LogP contribution < -0.4 is 10.6 Å². The molecular weight excluding hydrogens is 441 g/mol. The second-order valence-electron chi connectivity index (χ2n) is 5.90. The van der Waals surface area contributed by atoms with Crippen LogP contribution in [0, 0.1) is 0 Å². The Hall–Kier alpha value is -1.35. The van der Waals surface area contributed by atoms with E-state index in [2.05, 4.69) is 38.6 Å². The normalized spacial score (nSPS) is 11.4. The first-order valence-electron chi connectivity index (χ1n) is 9.37. The number of para-hydroxylation sites is 2. The van der Waals surface area contributed by atoms with Gasteiger partial charge in [0.1, 0.15) is 5.82 Å². The van der Waals surface area contributed by atoms with Crippen molar-refractivity contribution in [1.82, 2.24) is 20.6 Å². The Kier molecular flexibility index (Phi) is 12.0. The molecule has 6 nitrogen and oxygen atoms in total. The Bertz CT molecular complexity index is 611. The number of unbranched alkanes of at least 4 members (excludes halogenated alkanes) is 1. The fourth-order valence-electron chi connectivity index (χ4n) is 2.58. The number of rotatable bonds is 11. The number of guanidine groups is 1. The molecule has 0 aliphatic rings. The van der Waals surface area contributed by atoms with Gasteiger partial charge in [0.05, 0.1) is 11.0 Å². The quantitative estimate of drug-likeness (QED) is 0.202. The smallest absolute Gasteiger partial charge is 0.191 e. The number of H-pyrrole nitrogens is 1. The van der Waals surface area contributed by atoms with Crippen molar-refractivity contribution in [3.8, 4) is 0 Å². The number of aromatic nitrogens is 2. The molecular formula is C19H32IN5O. The van der Waals surface area contributed by atoms with Gasteiger partial charge in [-0.2, -0.15) is 0 Å². The van der Waals surface area contributed by atoms with Crippen LogP contribution in [0.25, 0.3) is 11.0 Å². The third kappa shape index (κ3) is 8.35. The molecule has 146 valence electrons. The van der Waals surface area contributed by atoms with E-state index in [0.29, 0.717) is 0 Å². The summed E-state index contributed by atoms with van der Waals surface area (Å²) in [6.45, 7) is 8.31. The minimum absolute atomic E-state index is 0. The average molecular weight is 473 g/mol. The van der Waals surface area contributed by atoms with Gasteiger partial charge in [0.25, 0.3) is 0 Å². The molecule has 7 heteroatoms. The summed E-state index contributed by atoms with van der Waals surface area (Å²) >= 11 is 0. The van der Waals surface area contributed by atoms with Gasteiger partial charge in [0.15, 0.2) is 5.96 Å². The summed E-state index contributed by atoms with van der Waals surface area (Å²) in [5.41, 5.74) is 2.13. The summed E-state index contributed by atoms with van der Waals surface area (Å²) < 4.78 is 5.35. The molecule has 1 heterocycles. The highest BCUT2D eigenvalue weighted by molar-refractivity contribution is 14.0. The summed E-state index contributed by atoms with van der Waals surface area (Å²) in [4.78, 5) is 12.6.